The van der Waals surface area contributed by atoms with Crippen molar-refractivity contribution in [2.75, 3.05) is 0 Å². The Balaban J connectivity index is 1.36. The van der Waals surface area contributed by atoms with Gasteiger partial charge >= 0.3 is 0 Å². The highest BCUT2D eigenvalue weighted by Gasteiger charge is 2.17. The molecule has 0 spiro atoms. The fourth-order valence-corrected chi connectivity index (χ4v) is 5.87. The second kappa shape index (κ2) is 11.0. The van der Waals surface area contributed by atoms with Crippen molar-refractivity contribution in [3.05, 3.63) is 157 Å². The van der Waals surface area contributed by atoms with Gasteiger partial charge in [0.1, 0.15) is 0 Å². The summed E-state index contributed by atoms with van der Waals surface area (Å²) < 4.78 is 2.31. The highest BCUT2D eigenvalue weighted by Crippen LogP contribution is 2.37. The Kier molecular flexibility index (Phi) is 6.44. The van der Waals surface area contributed by atoms with Crippen molar-refractivity contribution in [1.29, 1.82) is 5.26 Å². The molecule has 0 bridgehead atoms. The van der Waals surface area contributed by atoms with Gasteiger partial charge in [-0.25, -0.2) is 15.0 Å². The second-order valence-corrected chi connectivity index (χ2v) is 10.9. The van der Waals surface area contributed by atoms with Gasteiger partial charge in [0.15, 0.2) is 17.5 Å². The number of benzene rings is 6. The van der Waals surface area contributed by atoms with Crippen LogP contribution in [0.1, 0.15) is 5.56 Å². The van der Waals surface area contributed by atoms with Gasteiger partial charge in [0.2, 0.25) is 0 Å². The van der Waals surface area contributed by atoms with Crippen molar-refractivity contribution in [2.24, 2.45) is 0 Å². The third-order valence-electron chi connectivity index (χ3n) is 8.08. The minimum Gasteiger partial charge on any atom is -0.309 e. The van der Waals surface area contributed by atoms with Gasteiger partial charge < -0.3 is 4.57 Å². The molecule has 0 unspecified atom stereocenters. The maximum atomic E-state index is 9.31. The molecule has 210 valence electrons. The first-order valence-corrected chi connectivity index (χ1v) is 14.8. The zero-order valence-corrected chi connectivity index (χ0v) is 24.2. The molecular weight excluding hydrogens is 550 g/mol. The Hall–Kier alpha value is -6.38. The maximum Gasteiger partial charge on any atom is 0.164 e. The van der Waals surface area contributed by atoms with E-state index in [9.17, 15) is 5.26 Å². The summed E-state index contributed by atoms with van der Waals surface area (Å²) in [6, 6.07) is 53.5. The first kappa shape index (κ1) is 26.3. The SMILES string of the molecule is N#Cc1ccc(-c2nc(-c3ccccc3)nc(-c3ccc4c(c3)c3cc(-c5ccccc5)ccc3n4-c3ccccc3)n2)cc1. The average molecular weight is 576 g/mol. The first-order valence-electron chi connectivity index (χ1n) is 14.8. The lowest BCUT2D eigenvalue weighted by Crippen LogP contribution is -2.00. The van der Waals surface area contributed by atoms with E-state index >= 15 is 0 Å². The molecule has 0 saturated heterocycles. The molecule has 0 atom stereocenters. The van der Waals surface area contributed by atoms with E-state index in [-0.39, 0.29) is 0 Å². The van der Waals surface area contributed by atoms with Crippen molar-refractivity contribution in [1.82, 2.24) is 19.5 Å². The standard InChI is InChI=1S/C40H25N5/c41-26-27-16-18-30(19-17-27)39-42-38(29-12-6-2-7-13-29)43-40(44-39)32-21-23-37-35(25-32)34-24-31(28-10-4-1-5-11-28)20-22-36(34)45(37)33-14-8-3-9-15-33/h1-25H. The molecule has 0 aliphatic rings. The van der Waals surface area contributed by atoms with Crippen LogP contribution in [0.5, 0.6) is 0 Å². The van der Waals surface area contributed by atoms with Gasteiger partial charge in [-0.1, -0.05) is 84.9 Å². The lowest BCUT2D eigenvalue weighted by Gasteiger charge is -2.10. The van der Waals surface area contributed by atoms with E-state index in [1.54, 1.807) is 12.1 Å². The molecule has 5 heteroatoms. The predicted octanol–water partition coefficient (Wildman–Crippen LogP) is 9.51. The molecule has 0 fully saturated rings. The van der Waals surface area contributed by atoms with Gasteiger partial charge in [-0.2, -0.15) is 5.26 Å². The van der Waals surface area contributed by atoms with Crippen LogP contribution >= 0.6 is 0 Å². The number of rotatable bonds is 5. The molecule has 5 nitrogen and oxygen atoms in total. The van der Waals surface area contributed by atoms with Gasteiger partial charge in [-0.3, -0.25) is 0 Å². The van der Waals surface area contributed by atoms with Gasteiger partial charge in [-0.15, -0.1) is 0 Å². The fourth-order valence-electron chi connectivity index (χ4n) is 5.87. The van der Waals surface area contributed by atoms with E-state index in [1.165, 1.54) is 5.56 Å². The number of hydrogen-bond donors (Lipinski definition) is 0. The summed E-state index contributed by atoms with van der Waals surface area (Å²) in [6.07, 6.45) is 0. The lowest BCUT2D eigenvalue weighted by molar-refractivity contribution is 1.07. The van der Waals surface area contributed by atoms with Crippen molar-refractivity contribution >= 4 is 21.8 Å². The zero-order chi connectivity index (χ0) is 30.2. The monoisotopic (exact) mass is 575 g/mol. The number of para-hydroxylation sites is 1. The van der Waals surface area contributed by atoms with E-state index in [1.807, 2.05) is 54.6 Å². The van der Waals surface area contributed by atoms with Crippen LogP contribution in [0.3, 0.4) is 0 Å². The topological polar surface area (TPSA) is 67.4 Å². The Bertz CT molecular complexity index is 2350. The molecule has 2 aromatic heterocycles. The number of fused-ring (bicyclic) bond motifs is 3. The molecule has 6 aromatic carbocycles. The summed E-state index contributed by atoms with van der Waals surface area (Å²) in [7, 11) is 0. The highest BCUT2D eigenvalue weighted by atomic mass is 15.0. The van der Waals surface area contributed by atoms with Gasteiger partial charge in [0.25, 0.3) is 0 Å². The third-order valence-corrected chi connectivity index (χ3v) is 8.08. The van der Waals surface area contributed by atoms with Crippen LogP contribution in [-0.2, 0) is 0 Å². The number of aromatic nitrogens is 4. The van der Waals surface area contributed by atoms with Gasteiger partial charge in [0.05, 0.1) is 22.7 Å². The Labute approximate surface area is 260 Å². The van der Waals surface area contributed by atoms with Crippen LogP contribution in [0.2, 0.25) is 0 Å². The summed E-state index contributed by atoms with van der Waals surface area (Å²) in [6.45, 7) is 0. The molecule has 0 aliphatic heterocycles. The van der Waals surface area contributed by atoms with E-state index < -0.39 is 0 Å². The lowest BCUT2D eigenvalue weighted by atomic mass is 10.0. The van der Waals surface area contributed by atoms with E-state index in [0.29, 0.717) is 23.0 Å². The number of nitrogens with zero attached hydrogens (tertiary/aromatic N) is 5. The van der Waals surface area contributed by atoms with E-state index in [2.05, 4.69) is 95.6 Å². The fraction of sp³-hybridized carbons (Fsp3) is 0. The molecule has 0 aliphatic carbocycles. The van der Waals surface area contributed by atoms with Crippen LogP contribution in [0, 0.1) is 11.3 Å². The molecule has 0 saturated carbocycles. The van der Waals surface area contributed by atoms with Crippen molar-refractivity contribution < 1.29 is 0 Å². The normalized spacial score (nSPS) is 11.1. The predicted molar refractivity (Wildman–Crippen MR) is 181 cm³/mol. The largest absolute Gasteiger partial charge is 0.309 e. The summed E-state index contributed by atoms with van der Waals surface area (Å²) in [5, 5.41) is 11.6. The average Bonchev–Trinajstić information content (AvgIpc) is 3.45. The van der Waals surface area contributed by atoms with Gasteiger partial charge in [0, 0.05) is 33.2 Å². The Morgan fingerprint density at radius 2 is 0.867 bits per heavy atom. The van der Waals surface area contributed by atoms with Crippen LogP contribution in [0.25, 0.3) is 72.8 Å². The zero-order valence-electron chi connectivity index (χ0n) is 24.2. The highest BCUT2D eigenvalue weighted by molar-refractivity contribution is 6.11. The van der Waals surface area contributed by atoms with Crippen LogP contribution in [-0.4, -0.2) is 19.5 Å². The molecular formula is C40H25N5. The first-order chi connectivity index (χ1) is 22.2. The smallest absolute Gasteiger partial charge is 0.164 e. The van der Waals surface area contributed by atoms with Crippen molar-refractivity contribution in [2.45, 2.75) is 0 Å². The summed E-state index contributed by atoms with van der Waals surface area (Å²) in [5.74, 6) is 1.74. The minimum atomic E-state index is 0.557. The third kappa shape index (κ3) is 4.81. The van der Waals surface area contributed by atoms with Crippen LogP contribution in [0.15, 0.2) is 152 Å². The molecule has 8 rings (SSSR count). The van der Waals surface area contributed by atoms with Crippen LogP contribution in [0.4, 0.5) is 0 Å². The molecule has 8 aromatic rings. The summed E-state index contributed by atoms with van der Waals surface area (Å²) in [4.78, 5) is 14.8. The molecule has 0 N–H and O–H groups in total. The molecule has 45 heavy (non-hydrogen) atoms. The second-order valence-electron chi connectivity index (χ2n) is 10.9. The van der Waals surface area contributed by atoms with E-state index in [0.717, 1.165) is 49.7 Å². The number of hydrogen-bond acceptors (Lipinski definition) is 4. The maximum absolute atomic E-state index is 9.31. The quantitative estimate of drug-likeness (QED) is 0.205. The number of nitriles is 1. The van der Waals surface area contributed by atoms with Crippen LogP contribution < -0.4 is 0 Å². The summed E-state index contributed by atoms with van der Waals surface area (Å²) >= 11 is 0. The van der Waals surface area contributed by atoms with Crippen molar-refractivity contribution in [3.8, 4) is 57.0 Å². The summed E-state index contributed by atoms with van der Waals surface area (Å²) in [5.41, 5.74) is 8.90. The molecule has 0 radical (unpaired) electrons. The van der Waals surface area contributed by atoms with E-state index in [4.69, 9.17) is 15.0 Å². The van der Waals surface area contributed by atoms with Gasteiger partial charge in [-0.05, 0) is 77.9 Å². The minimum absolute atomic E-state index is 0.557. The molecule has 2 heterocycles. The van der Waals surface area contributed by atoms with Crippen molar-refractivity contribution in [3.63, 3.8) is 0 Å². The Morgan fingerprint density at radius 3 is 1.44 bits per heavy atom. The molecule has 0 amide bonds. The Morgan fingerprint density at radius 1 is 0.422 bits per heavy atom.